The van der Waals surface area contributed by atoms with Crippen LogP contribution in [0, 0.1) is 23.2 Å². The number of nitriles is 1. The number of hydrogen-bond acceptors (Lipinski definition) is 3. The summed E-state index contributed by atoms with van der Waals surface area (Å²) in [5.41, 5.74) is 1.21. The van der Waals surface area contributed by atoms with Crippen molar-refractivity contribution in [1.82, 2.24) is 4.90 Å². The Kier molecular flexibility index (Phi) is 5.44. The first kappa shape index (κ1) is 13.8. The maximum absolute atomic E-state index is 12.0. The van der Waals surface area contributed by atoms with Crippen molar-refractivity contribution in [3.63, 3.8) is 0 Å². The van der Waals surface area contributed by atoms with E-state index in [0.29, 0.717) is 24.1 Å². The van der Waals surface area contributed by atoms with E-state index in [1.165, 1.54) is 4.90 Å². The number of aliphatic hydroxyl groups is 1. The first-order valence-corrected chi connectivity index (χ1v) is 5.51. The van der Waals surface area contributed by atoms with Crippen molar-refractivity contribution in [2.45, 2.75) is 6.42 Å². The normalized spacial score (nSPS) is 8.94. The topological polar surface area (TPSA) is 64.3 Å². The van der Waals surface area contributed by atoms with E-state index in [1.807, 2.05) is 6.07 Å². The Labute approximate surface area is 106 Å². The van der Waals surface area contributed by atoms with Crippen LogP contribution in [0.25, 0.3) is 0 Å². The number of rotatable bonds is 3. The Hall–Kier alpha value is -2.30. The summed E-state index contributed by atoms with van der Waals surface area (Å²) in [6.07, 6.45) is 0.312. The molecule has 0 saturated carbocycles. The molecule has 0 aliphatic rings. The number of nitrogens with zero attached hydrogens (tertiary/aromatic N) is 2. The number of aliphatic hydroxyl groups excluding tert-OH is 1. The molecule has 4 heteroatoms. The van der Waals surface area contributed by atoms with Gasteiger partial charge in [-0.25, -0.2) is 0 Å². The molecule has 0 atom stereocenters. The molecular formula is C14H14N2O2. The van der Waals surface area contributed by atoms with Gasteiger partial charge < -0.3 is 10.0 Å². The van der Waals surface area contributed by atoms with E-state index in [1.54, 1.807) is 31.3 Å². The molecule has 1 aromatic rings. The lowest BCUT2D eigenvalue weighted by molar-refractivity contribution is 0.0798. The van der Waals surface area contributed by atoms with Gasteiger partial charge in [0.25, 0.3) is 5.91 Å². The molecule has 0 radical (unpaired) electrons. The van der Waals surface area contributed by atoms with Crippen LogP contribution in [-0.4, -0.2) is 36.1 Å². The third kappa shape index (κ3) is 3.93. The fraction of sp³-hybridized carbons (Fsp3) is 0.286. The van der Waals surface area contributed by atoms with Crippen LogP contribution in [0.2, 0.25) is 0 Å². The zero-order valence-electron chi connectivity index (χ0n) is 10.2. The quantitative estimate of drug-likeness (QED) is 0.805. The molecule has 0 fully saturated rings. The van der Waals surface area contributed by atoms with Crippen molar-refractivity contribution in [3.05, 3.63) is 35.4 Å². The van der Waals surface area contributed by atoms with Gasteiger partial charge in [-0.05, 0) is 18.2 Å². The van der Waals surface area contributed by atoms with Crippen molar-refractivity contribution in [3.8, 4) is 17.9 Å². The first-order valence-electron chi connectivity index (χ1n) is 5.51. The number of amides is 1. The van der Waals surface area contributed by atoms with E-state index in [2.05, 4.69) is 11.8 Å². The van der Waals surface area contributed by atoms with Gasteiger partial charge in [0.05, 0.1) is 12.5 Å². The maximum atomic E-state index is 12.0. The molecular weight excluding hydrogens is 228 g/mol. The van der Waals surface area contributed by atoms with Crippen molar-refractivity contribution in [2.24, 2.45) is 0 Å². The summed E-state index contributed by atoms with van der Waals surface area (Å²) in [7, 11) is 1.66. The summed E-state index contributed by atoms with van der Waals surface area (Å²) in [6, 6.07) is 8.89. The van der Waals surface area contributed by atoms with E-state index in [-0.39, 0.29) is 12.5 Å². The average molecular weight is 242 g/mol. The van der Waals surface area contributed by atoms with Gasteiger partial charge in [0.15, 0.2) is 0 Å². The van der Waals surface area contributed by atoms with Gasteiger partial charge in [-0.15, -0.1) is 0 Å². The van der Waals surface area contributed by atoms with Gasteiger partial charge in [0.2, 0.25) is 0 Å². The zero-order valence-corrected chi connectivity index (χ0v) is 10.2. The number of hydrogen-bond donors (Lipinski definition) is 1. The van der Waals surface area contributed by atoms with E-state index < -0.39 is 0 Å². The lowest BCUT2D eigenvalue weighted by Gasteiger charge is -2.15. The summed E-state index contributed by atoms with van der Waals surface area (Å²) in [5.74, 6) is 5.14. The molecule has 92 valence electrons. The van der Waals surface area contributed by atoms with Crippen molar-refractivity contribution in [2.75, 3.05) is 20.2 Å². The second-order valence-electron chi connectivity index (χ2n) is 3.68. The summed E-state index contributed by atoms with van der Waals surface area (Å²) >= 11 is 0. The Bertz CT molecular complexity index is 521. The molecule has 0 aliphatic carbocycles. The van der Waals surface area contributed by atoms with Crippen LogP contribution >= 0.6 is 0 Å². The van der Waals surface area contributed by atoms with Crippen LogP contribution in [0.5, 0.6) is 0 Å². The van der Waals surface area contributed by atoms with Crippen LogP contribution in [-0.2, 0) is 0 Å². The fourth-order valence-electron chi connectivity index (χ4n) is 1.41. The van der Waals surface area contributed by atoms with Gasteiger partial charge in [0.1, 0.15) is 6.61 Å². The molecule has 0 aromatic heterocycles. The molecule has 0 unspecified atom stereocenters. The monoisotopic (exact) mass is 242 g/mol. The lowest BCUT2D eigenvalue weighted by atomic mass is 10.1. The summed E-state index contributed by atoms with van der Waals surface area (Å²) in [6.45, 7) is 0.197. The van der Waals surface area contributed by atoms with Crippen LogP contribution in [0.4, 0.5) is 0 Å². The minimum atomic E-state index is -0.208. The summed E-state index contributed by atoms with van der Waals surface area (Å²) in [5, 5.41) is 17.1. The van der Waals surface area contributed by atoms with Crippen molar-refractivity contribution in [1.29, 1.82) is 5.26 Å². The highest BCUT2D eigenvalue weighted by atomic mass is 16.2. The maximum Gasteiger partial charge on any atom is 0.253 e. The minimum absolute atomic E-state index is 0.141. The fourth-order valence-corrected chi connectivity index (χ4v) is 1.41. The third-order valence-corrected chi connectivity index (χ3v) is 2.33. The van der Waals surface area contributed by atoms with E-state index in [0.717, 1.165) is 0 Å². The first-order chi connectivity index (χ1) is 8.69. The molecule has 0 aliphatic heterocycles. The Morgan fingerprint density at radius 2 is 2.28 bits per heavy atom. The summed E-state index contributed by atoms with van der Waals surface area (Å²) in [4.78, 5) is 13.5. The Morgan fingerprint density at radius 3 is 2.94 bits per heavy atom. The van der Waals surface area contributed by atoms with Gasteiger partial charge in [0, 0.05) is 24.7 Å². The van der Waals surface area contributed by atoms with Crippen LogP contribution in [0.3, 0.4) is 0 Å². The smallest absolute Gasteiger partial charge is 0.253 e. The van der Waals surface area contributed by atoms with Crippen LogP contribution in [0.1, 0.15) is 22.3 Å². The van der Waals surface area contributed by atoms with Crippen molar-refractivity contribution < 1.29 is 9.90 Å². The largest absolute Gasteiger partial charge is 0.384 e. The van der Waals surface area contributed by atoms with Gasteiger partial charge in [-0.2, -0.15) is 5.26 Å². The molecule has 1 N–H and O–H groups in total. The molecule has 1 amide bonds. The SMILES string of the molecule is CN(CCC#N)C(=O)c1cccc(C#CCO)c1. The van der Waals surface area contributed by atoms with Crippen molar-refractivity contribution >= 4 is 5.91 Å². The van der Waals surface area contributed by atoms with E-state index in [4.69, 9.17) is 10.4 Å². The minimum Gasteiger partial charge on any atom is -0.384 e. The highest BCUT2D eigenvalue weighted by Crippen LogP contribution is 2.07. The molecule has 0 heterocycles. The predicted octanol–water partition coefficient (Wildman–Crippen LogP) is 1.02. The molecule has 1 rings (SSSR count). The highest BCUT2D eigenvalue weighted by Gasteiger charge is 2.10. The van der Waals surface area contributed by atoms with E-state index in [9.17, 15) is 4.79 Å². The van der Waals surface area contributed by atoms with Gasteiger partial charge in [-0.1, -0.05) is 17.9 Å². The second-order valence-corrected chi connectivity index (χ2v) is 3.68. The molecule has 1 aromatic carbocycles. The Morgan fingerprint density at radius 1 is 1.50 bits per heavy atom. The molecule has 18 heavy (non-hydrogen) atoms. The second kappa shape index (κ2) is 7.11. The lowest BCUT2D eigenvalue weighted by Crippen LogP contribution is -2.27. The average Bonchev–Trinajstić information content (AvgIpc) is 2.42. The predicted molar refractivity (Wildman–Crippen MR) is 67.6 cm³/mol. The number of carbonyl (C=O) groups is 1. The van der Waals surface area contributed by atoms with E-state index >= 15 is 0 Å². The number of carbonyl (C=O) groups excluding carboxylic acids is 1. The van der Waals surface area contributed by atoms with Crippen LogP contribution < -0.4 is 0 Å². The van der Waals surface area contributed by atoms with Gasteiger partial charge in [-0.3, -0.25) is 4.79 Å². The third-order valence-electron chi connectivity index (χ3n) is 2.33. The van der Waals surface area contributed by atoms with Crippen LogP contribution in [0.15, 0.2) is 24.3 Å². The summed E-state index contributed by atoms with van der Waals surface area (Å²) < 4.78 is 0. The van der Waals surface area contributed by atoms with Gasteiger partial charge >= 0.3 is 0 Å². The molecule has 4 nitrogen and oxygen atoms in total. The molecule has 0 spiro atoms. The molecule has 0 saturated heterocycles. The number of benzene rings is 1. The highest BCUT2D eigenvalue weighted by molar-refractivity contribution is 5.94. The standard InChI is InChI=1S/C14H14N2O2/c1-16(9-4-8-15)14(18)13-7-2-5-12(11-13)6-3-10-17/h2,5,7,11,17H,4,9-10H2,1H3. The Balaban J connectivity index is 2.83. The molecule has 0 bridgehead atoms. The zero-order chi connectivity index (χ0) is 13.4.